The molecule has 1 aromatic carbocycles. The van der Waals surface area contributed by atoms with Crippen LogP contribution in [0.2, 0.25) is 0 Å². The summed E-state index contributed by atoms with van der Waals surface area (Å²) in [6.07, 6.45) is -2.98. The van der Waals surface area contributed by atoms with Crippen LogP contribution in [0.3, 0.4) is 0 Å². The van der Waals surface area contributed by atoms with Gasteiger partial charge in [0.2, 0.25) is 75.9 Å². The average molecular weight is 1220 g/mol. The molecule has 1 aromatic heterocycles. The van der Waals surface area contributed by atoms with Gasteiger partial charge < -0.3 is 83.2 Å². The summed E-state index contributed by atoms with van der Waals surface area (Å²) in [6.45, 7) is 4.62. The van der Waals surface area contributed by atoms with Crippen LogP contribution in [-0.4, -0.2) is 205 Å². The number of primary amides is 2. The van der Waals surface area contributed by atoms with E-state index in [0.29, 0.717) is 41.7 Å². The van der Waals surface area contributed by atoms with Gasteiger partial charge in [-0.3, -0.25) is 62.4 Å². The number of methoxy groups -OCH3 is 1. The van der Waals surface area contributed by atoms with Crippen molar-refractivity contribution in [3.05, 3.63) is 23.3 Å². The predicted octanol–water partition coefficient (Wildman–Crippen LogP) is -4.18. The van der Waals surface area contributed by atoms with Crippen LogP contribution in [0.5, 0.6) is 5.75 Å². The van der Waals surface area contributed by atoms with Crippen molar-refractivity contribution < 1.29 is 82.1 Å². The van der Waals surface area contributed by atoms with Crippen LogP contribution in [0.25, 0.3) is 10.9 Å². The maximum atomic E-state index is 15.2. The summed E-state index contributed by atoms with van der Waals surface area (Å²) in [5.74, 6) is -11.4. The van der Waals surface area contributed by atoms with E-state index in [0.717, 1.165) is 4.90 Å². The third-order valence-corrected chi connectivity index (χ3v) is 17.4. The van der Waals surface area contributed by atoms with Gasteiger partial charge in [0.25, 0.3) is 0 Å². The zero-order chi connectivity index (χ0) is 62.1. The van der Waals surface area contributed by atoms with E-state index in [-0.39, 0.29) is 84.3 Å². The van der Waals surface area contributed by atoms with Gasteiger partial charge >= 0.3 is 0 Å². The van der Waals surface area contributed by atoms with Crippen LogP contribution in [0, 0.1) is 11.8 Å². The van der Waals surface area contributed by atoms with Crippen molar-refractivity contribution in [1.29, 1.82) is 0 Å². The van der Waals surface area contributed by atoms with Crippen LogP contribution >= 0.6 is 11.8 Å². The molecule has 3 aliphatic heterocycles. The first-order valence-electron chi connectivity index (χ1n) is 27.7. The number of carbonyl (C=O) groups is 12. The molecule has 0 spiro atoms. The smallest absolute Gasteiger partial charge is 0.248 e. The summed E-state index contributed by atoms with van der Waals surface area (Å²) in [6, 6.07) is -6.78. The standard InChI is InChI=1S/C53H78N12O17S2/c1-6-26(3)44(61-39(70)7-2)50(78)57-21-41(72)58-34-25-84(81)52-30(29-11-12-37(82-5)31(46(29)63-52)24-83-17-15-56-40(71)10-8-9-16-64-42(73)13-14-43(64)74)19-32(47(55)75)59-51(79)45(27(4)36(68)23-66)62-49(77)35-18-28(67)22-65(35)53(80)33(20-38(54)69)60-48(34)76/h11-12,26-28,32-36,44-45,63,66-68H,6-10,13-25H2,1-5H3,(H2,54,69)(H2,55,75)(H,56,71)(H,57,78)(H,58,72)(H,59,79)(H,60,76)(H,61,70)(H,62,77)/t26-,27-,28+,32-,33-,34-,35-,36-,44-,45-,84?/m0/s1. The molecule has 464 valence electrons. The highest BCUT2D eigenvalue weighted by Gasteiger charge is 2.45. The number of ether oxygens (including phenoxy) is 1. The minimum absolute atomic E-state index is 0.0561. The van der Waals surface area contributed by atoms with Crippen molar-refractivity contribution in [3.63, 3.8) is 0 Å². The van der Waals surface area contributed by atoms with Gasteiger partial charge in [0, 0.05) is 103 Å². The van der Waals surface area contributed by atoms with E-state index >= 15 is 4.55 Å². The molecule has 12 amide bonds. The highest BCUT2D eigenvalue weighted by Crippen LogP contribution is 2.37. The van der Waals surface area contributed by atoms with Crippen LogP contribution in [0.4, 0.5) is 0 Å². The molecule has 2 fully saturated rings. The summed E-state index contributed by atoms with van der Waals surface area (Å²) in [4.78, 5) is 165. The number of carbonyl (C=O) groups excluding carboxylic acids is 12. The maximum absolute atomic E-state index is 15.2. The van der Waals surface area contributed by atoms with E-state index in [1.165, 1.54) is 30.7 Å². The lowest BCUT2D eigenvalue weighted by molar-refractivity contribution is -0.144. The van der Waals surface area contributed by atoms with Crippen LogP contribution in [-0.2, 0) is 80.9 Å². The van der Waals surface area contributed by atoms with Gasteiger partial charge in [-0.1, -0.05) is 34.1 Å². The number of hydrogen-bond donors (Lipinski definition) is 13. The Morgan fingerprint density at radius 3 is 2.26 bits per heavy atom. The van der Waals surface area contributed by atoms with Gasteiger partial charge in [0.05, 0.1) is 44.4 Å². The van der Waals surface area contributed by atoms with Crippen molar-refractivity contribution in [1.82, 2.24) is 52.0 Å². The normalized spacial score (nSPS) is 23.1. The van der Waals surface area contributed by atoms with E-state index in [1.807, 2.05) is 0 Å². The number of nitrogens with zero attached hydrogens (tertiary/aromatic N) is 2. The Kier molecular flexibility index (Phi) is 25.6. The van der Waals surface area contributed by atoms with Gasteiger partial charge in [-0.15, -0.1) is 0 Å². The summed E-state index contributed by atoms with van der Waals surface area (Å²) in [5.41, 5.74) is 12.4. The first-order chi connectivity index (χ1) is 39.8. The van der Waals surface area contributed by atoms with Crippen molar-refractivity contribution in [3.8, 4) is 5.75 Å². The molecule has 0 bridgehead atoms. The van der Waals surface area contributed by atoms with E-state index in [9.17, 15) is 72.9 Å². The number of H-pyrrole nitrogens is 1. The molecule has 1 unspecified atom stereocenters. The molecule has 5 rings (SSSR count). The average Bonchev–Trinajstić information content (AvgIpc) is 2.27. The van der Waals surface area contributed by atoms with Crippen molar-refractivity contribution in [2.75, 3.05) is 51.4 Å². The van der Waals surface area contributed by atoms with E-state index in [4.69, 9.17) is 16.2 Å². The van der Waals surface area contributed by atoms with Crippen LogP contribution < -0.4 is 53.4 Å². The number of rotatable bonds is 25. The number of aliphatic hydroxyl groups is 3. The zero-order valence-corrected chi connectivity index (χ0v) is 49.2. The first-order valence-corrected chi connectivity index (χ1v) is 30.2. The molecule has 0 aliphatic carbocycles. The van der Waals surface area contributed by atoms with E-state index in [1.54, 1.807) is 32.9 Å². The quantitative estimate of drug-likeness (QED) is 0.0255. The molecular formula is C53H78N12O17S2. The summed E-state index contributed by atoms with van der Waals surface area (Å²) < 4.78 is 21.0. The number of amides is 12. The molecule has 4 heterocycles. The molecule has 15 N–H and O–H groups in total. The number of thioether (sulfide) groups is 1. The molecule has 2 saturated heterocycles. The second-order valence-corrected chi connectivity index (χ2v) is 23.5. The highest BCUT2D eigenvalue weighted by atomic mass is 32.2. The van der Waals surface area contributed by atoms with Crippen molar-refractivity contribution in [2.45, 2.75) is 151 Å². The maximum Gasteiger partial charge on any atom is 0.248 e. The molecule has 0 saturated carbocycles. The SMILES string of the molecule is CCC(=O)N[C@H](C(=O)NCC(=O)N[C@H]1C[S+]([O-])c2[nH]c3c(CSCCNC(=O)CCCCN4C(=O)CCC4=O)c(OC)ccc3c2C[C@@H](C(N)=O)NC(=O)[C@H]([C@@H](C)[C@@H](O)CO)NC(=O)[C@@H]2C[C@@H](O)CN2C(=O)[C@H](CC(N)=O)NC1=O)[C@@H](C)CC. The predicted molar refractivity (Wildman–Crippen MR) is 303 cm³/mol. The minimum Gasteiger partial charge on any atom is -0.610 e. The third kappa shape index (κ3) is 18.0. The van der Waals surface area contributed by atoms with Crippen LogP contribution in [0.15, 0.2) is 17.2 Å². The molecule has 0 radical (unpaired) electrons. The molecule has 84 heavy (non-hydrogen) atoms. The number of likely N-dealkylation sites (tertiary alicyclic amines) is 1. The zero-order valence-electron chi connectivity index (χ0n) is 47.6. The van der Waals surface area contributed by atoms with Gasteiger partial charge in [-0.05, 0) is 30.9 Å². The second kappa shape index (κ2) is 31.7. The van der Waals surface area contributed by atoms with Gasteiger partial charge in [0.1, 0.15) is 41.7 Å². The lowest BCUT2D eigenvalue weighted by atomic mass is 9.93. The summed E-state index contributed by atoms with van der Waals surface area (Å²) in [7, 11) is 1.40. The topological polar surface area (TPSA) is 456 Å². The number of aromatic nitrogens is 1. The Hall–Kier alpha value is -7.06. The van der Waals surface area contributed by atoms with Crippen LogP contribution in [0.1, 0.15) is 96.6 Å². The van der Waals surface area contributed by atoms with Crippen molar-refractivity contribution >= 4 is 105 Å². The molecule has 11 atom stereocenters. The number of fused-ring (bicyclic) bond motifs is 4. The Morgan fingerprint density at radius 1 is 0.929 bits per heavy atom. The number of hydrogen-bond acceptors (Lipinski definition) is 18. The number of benzene rings is 1. The largest absolute Gasteiger partial charge is 0.610 e. The molecule has 2 aromatic rings. The number of nitrogens with two attached hydrogens (primary N) is 2. The number of unbranched alkanes of at least 4 members (excludes halogenated alkanes) is 1. The number of imide groups is 1. The van der Waals surface area contributed by atoms with Gasteiger partial charge in [-0.25, -0.2) is 0 Å². The monoisotopic (exact) mass is 1220 g/mol. The second-order valence-electron chi connectivity index (χ2n) is 20.9. The summed E-state index contributed by atoms with van der Waals surface area (Å²) in [5, 5.41) is 49.4. The Morgan fingerprint density at radius 2 is 1.63 bits per heavy atom. The highest BCUT2D eigenvalue weighted by molar-refractivity contribution is 7.98. The fraction of sp³-hybridized carbons (Fsp3) is 0.623. The van der Waals surface area contributed by atoms with Crippen molar-refractivity contribution in [2.24, 2.45) is 23.3 Å². The lowest BCUT2D eigenvalue weighted by Crippen LogP contribution is -2.61. The Balaban J connectivity index is 1.56. The Bertz CT molecular complexity index is 2770. The molecule has 31 heteroatoms. The summed E-state index contributed by atoms with van der Waals surface area (Å²) >= 11 is -1.12. The lowest BCUT2D eigenvalue weighted by Gasteiger charge is -2.32. The molecule has 3 aliphatic rings. The molecule has 29 nitrogen and oxygen atoms in total. The van der Waals surface area contributed by atoms with E-state index < -0.39 is 163 Å². The van der Waals surface area contributed by atoms with E-state index in [2.05, 4.69) is 42.2 Å². The van der Waals surface area contributed by atoms with Gasteiger partial charge in [0.15, 0.2) is 6.04 Å². The molecular weight excluding hydrogens is 1140 g/mol. The fourth-order valence-corrected chi connectivity index (χ4v) is 12.1. The number of nitrogens with one attached hydrogen (secondary N) is 8. The number of aromatic amines is 1. The number of aliphatic hydroxyl groups excluding tert-OH is 3. The third-order valence-electron chi connectivity index (χ3n) is 14.9. The van der Waals surface area contributed by atoms with Gasteiger partial charge in [-0.2, -0.15) is 11.8 Å². The fourth-order valence-electron chi connectivity index (χ4n) is 9.88. The Labute approximate surface area is 491 Å². The minimum atomic E-state index is -2.48. The first kappa shape index (κ1) is 67.7.